The van der Waals surface area contributed by atoms with E-state index in [0.29, 0.717) is 36.0 Å². The van der Waals surface area contributed by atoms with Crippen LogP contribution in [0.5, 0.6) is 0 Å². The number of nitrogens with one attached hydrogen (secondary N) is 1. The van der Waals surface area contributed by atoms with E-state index in [1.807, 2.05) is 0 Å². The molecule has 1 saturated heterocycles. The Balaban J connectivity index is 1.36. The van der Waals surface area contributed by atoms with Gasteiger partial charge in [-0.15, -0.1) is 11.3 Å². The third-order valence-corrected chi connectivity index (χ3v) is 8.02. The molecule has 0 atom stereocenters. The molecule has 2 aromatic rings. The van der Waals surface area contributed by atoms with Gasteiger partial charge in [0.05, 0.1) is 10.6 Å². The van der Waals surface area contributed by atoms with E-state index in [9.17, 15) is 13.2 Å². The minimum atomic E-state index is -3.48. The number of sulfonamides is 1. The monoisotopic (exact) mass is 391 g/mol. The number of hydrogen-bond donors (Lipinski definition) is 1. The summed E-state index contributed by atoms with van der Waals surface area (Å²) in [6.07, 6.45) is 4.26. The molecule has 6 nitrogen and oxygen atoms in total. The normalized spacial score (nSPS) is 18.6. The van der Waals surface area contributed by atoms with Crippen LogP contribution in [0.25, 0.3) is 0 Å². The number of rotatable bonds is 4. The first-order valence-corrected chi connectivity index (χ1v) is 11.1. The van der Waals surface area contributed by atoms with E-state index in [-0.39, 0.29) is 11.8 Å². The van der Waals surface area contributed by atoms with Gasteiger partial charge in [0.1, 0.15) is 0 Å². The second kappa shape index (κ2) is 7.09. The Labute approximate surface area is 157 Å². The Bertz CT molecular complexity index is 880. The van der Waals surface area contributed by atoms with Crippen LogP contribution in [-0.2, 0) is 27.7 Å². The van der Waals surface area contributed by atoms with Gasteiger partial charge < -0.3 is 5.32 Å². The molecule has 1 fully saturated rings. The predicted octanol–water partition coefficient (Wildman–Crippen LogP) is 2.67. The minimum Gasteiger partial charge on any atom is -0.302 e. The third kappa shape index (κ3) is 3.41. The lowest BCUT2D eigenvalue weighted by Crippen LogP contribution is -2.41. The van der Waals surface area contributed by atoms with E-state index in [0.717, 1.165) is 25.0 Å². The number of carbonyl (C=O) groups is 1. The van der Waals surface area contributed by atoms with E-state index in [1.54, 1.807) is 41.7 Å². The lowest BCUT2D eigenvalue weighted by atomic mass is 9.97. The fourth-order valence-corrected chi connectivity index (χ4v) is 6.09. The number of anilines is 1. The van der Waals surface area contributed by atoms with Crippen LogP contribution in [0, 0.1) is 5.92 Å². The van der Waals surface area contributed by atoms with Crippen molar-refractivity contribution >= 4 is 32.4 Å². The standard InChI is InChI=1S/C18H21N3O3S2/c22-17(20-18-19-15-7-4-8-16(15)25-18)13-9-11-21(12-10-13)26(23,24)14-5-2-1-3-6-14/h1-3,5-6,13H,4,7-12H2,(H,19,20,22). The first-order valence-electron chi connectivity index (χ1n) is 8.89. The van der Waals surface area contributed by atoms with E-state index in [1.165, 1.54) is 9.18 Å². The Hall–Kier alpha value is -1.77. The summed E-state index contributed by atoms with van der Waals surface area (Å²) in [6.45, 7) is 0.730. The highest BCUT2D eigenvalue weighted by Crippen LogP contribution is 2.31. The van der Waals surface area contributed by atoms with Crippen molar-refractivity contribution in [3.8, 4) is 0 Å². The number of aromatic nitrogens is 1. The summed E-state index contributed by atoms with van der Waals surface area (Å²) in [5, 5.41) is 3.61. The molecule has 26 heavy (non-hydrogen) atoms. The molecular formula is C18H21N3O3S2. The van der Waals surface area contributed by atoms with Gasteiger partial charge in [0.25, 0.3) is 0 Å². The molecule has 1 amide bonds. The highest BCUT2D eigenvalue weighted by molar-refractivity contribution is 7.89. The lowest BCUT2D eigenvalue weighted by Gasteiger charge is -2.30. The number of hydrogen-bond acceptors (Lipinski definition) is 5. The molecule has 0 unspecified atom stereocenters. The van der Waals surface area contributed by atoms with E-state index >= 15 is 0 Å². The zero-order valence-corrected chi connectivity index (χ0v) is 16.0. The molecule has 138 valence electrons. The average Bonchev–Trinajstić information content (AvgIpc) is 3.24. The summed E-state index contributed by atoms with van der Waals surface area (Å²) in [5.41, 5.74) is 1.12. The molecule has 2 heterocycles. The van der Waals surface area contributed by atoms with Gasteiger partial charge in [-0.1, -0.05) is 18.2 Å². The molecule has 0 saturated carbocycles. The van der Waals surface area contributed by atoms with Gasteiger partial charge in [0.2, 0.25) is 15.9 Å². The topological polar surface area (TPSA) is 79.4 Å². The number of fused-ring (bicyclic) bond motifs is 1. The van der Waals surface area contributed by atoms with Gasteiger partial charge in [-0.05, 0) is 44.2 Å². The summed E-state index contributed by atoms with van der Waals surface area (Å²) in [6, 6.07) is 8.45. The average molecular weight is 392 g/mol. The summed E-state index contributed by atoms with van der Waals surface area (Å²) in [4.78, 5) is 18.6. The van der Waals surface area contributed by atoms with Crippen LogP contribution < -0.4 is 5.32 Å². The van der Waals surface area contributed by atoms with Gasteiger partial charge >= 0.3 is 0 Å². The zero-order valence-electron chi connectivity index (χ0n) is 14.3. The number of amides is 1. The quantitative estimate of drug-likeness (QED) is 0.869. The van der Waals surface area contributed by atoms with Gasteiger partial charge in [-0.3, -0.25) is 4.79 Å². The maximum Gasteiger partial charge on any atom is 0.243 e. The first-order chi connectivity index (χ1) is 12.5. The second-order valence-corrected chi connectivity index (χ2v) is 9.74. The molecule has 1 aliphatic heterocycles. The van der Waals surface area contributed by atoms with Crippen molar-refractivity contribution in [2.45, 2.75) is 37.0 Å². The van der Waals surface area contributed by atoms with E-state index in [2.05, 4.69) is 10.3 Å². The molecule has 0 spiro atoms. The first kappa shape index (κ1) is 17.6. The van der Waals surface area contributed by atoms with Crippen molar-refractivity contribution in [1.82, 2.24) is 9.29 Å². The van der Waals surface area contributed by atoms with Crippen molar-refractivity contribution in [3.63, 3.8) is 0 Å². The zero-order chi connectivity index (χ0) is 18.1. The smallest absolute Gasteiger partial charge is 0.243 e. The molecule has 1 aromatic carbocycles. The molecule has 0 radical (unpaired) electrons. The van der Waals surface area contributed by atoms with Gasteiger partial charge in [0.15, 0.2) is 5.13 Å². The predicted molar refractivity (Wildman–Crippen MR) is 101 cm³/mol. The number of aryl methyl sites for hydroxylation is 2. The number of thiazole rings is 1. The van der Waals surface area contributed by atoms with Crippen LogP contribution in [0.2, 0.25) is 0 Å². The van der Waals surface area contributed by atoms with Crippen LogP contribution in [-0.4, -0.2) is 36.7 Å². The van der Waals surface area contributed by atoms with Crippen LogP contribution in [0.3, 0.4) is 0 Å². The van der Waals surface area contributed by atoms with Gasteiger partial charge in [-0.25, -0.2) is 13.4 Å². The summed E-state index contributed by atoms with van der Waals surface area (Å²) in [7, 11) is -3.48. The number of benzene rings is 1. The van der Waals surface area contributed by atoms with Crippen molar-refractivity contribution in [2.75, 3.05) is 18.4 Å². The summed E-state index contributed by atoms with van der Waals surface area (Å²) in [5.74, 6) is -0.217. The number of piperidine rings is 1. The van der Waals surface area contributed by atoms with Crippen molar-refractivity contribution < 1.29 is 13.2 Å². The molecule has 1 aromatic heterocycles. The lowest BCUT2D eigenvalue weighted by molar-refractivity contribution is -0.120. The fourth-order valence-electron chi connectivity index (χ4n) is 3.55. The van der Waals surface area contributed by atoms with Crippen molar-refractivity contribution in [1.29, 1.82) is 0 Å². The SMILES string of the molecule is O=C(Nc1nc2c(s1)CCC2)C1CCN(S(=O)(=O)c2ccccc2)CC1. The summed E-state index contributed by atoms with van der Waals surface area (Å²) >= 11 is 1.57. The Morgan fingerprint density at radius 2 is 1.88 bits per heavy atom. The highest BCUT2D eigenvalue weighted by Gasteiger charge is 2.32. The van der Waals surface area contributed by atoms with E-state index < -0.39 is 10.0 Å². The summed E-state index contributed by atoms with van der Waals surface area (Å²) < 4.78 is 26.8. The maximum absolute atomic E-state index is 12.7. The number of carbonyl (C=O) groups excluding carboxylic acids is 1. The molecule has 1 aliphatic carbocycles. The van der Waals surface area contributed by atoms with Crippen LogP contribution >= 0.6 is 11.3 Å². The highest BCUT2D eigenvalue weighted by atomic mass is 32.2. The Kier molecular flexibility index (Phi) is 4.81. The van der Waals surface area contributed by atoms with Gasteiger partial charge in [-0.2, -0.15) is 4.31 Å². The maximum atomic E-state index is 12.7. The number of nitrogens with zero attached hydrogens (tertiary/aromatic N) is 2. The Morgan fingerprint density at radius 1 is 1.15 bits per heavy atom. The van der Waals surface area contributed by atoms with Crippen LogP contribution in [0.15, 0.2) is 35.2 Å². The minimum absolute atomic E-state index is 0.0471. The fraction of sp³-hybridized carbons (Fsp3) is 0.444. The van der Waals surface area contributed by atoms with Crippen LogP contribution in [0.4, 0.5) is 5.13 Å². The van der Waals surface area contributed by atoms with Crippen molar-refractivity contribution in [3.05, 3.63) is 40.9 Å². The van der Waals surface area contributed by atoms with E-state index in [4.69, 9.17) is 0 Å². The molecule has 4 rings (SSSR count). The van der Waals surface area contributed by atoms with Gasteiger partial charge in [0, 0.05) is 23.9 Å². The molecule has 2 aliphatic rings. The molecule has 1 N–H and O–H groups in total. The van der Waals surface area contributed by atoms with Crippen LogP contribution in [0.1, 0.15) is 29.8 Å². The largest absolute Gasteiger partial charge is 0.302 e. The third-order valence-electron chi connectivity index (χ3n) is 5.03. The Morgan fingerprint density at radius 3 is 2.58 bits per heavy atom. The molecular weight excluding hydrogens is 370 g/mol. The molecule has 8 heteroatoms. The van der Waals surface area contributed by atoms with Crippen molar-refractivity contribution in [2.24, 2.45) is 5.92 Å². The second-order valence-electron chi connectivity index (χ2n) is 6.72. The molecule has 0 bridgehead atoms.